The van der Waals surface area contributed by atoms with Gasteiger partial charge in [-0.2, -0.15) is 0 Å². The van der Waals surface area contributed by atoms with Crippen LogP contribution in [0.15, 0.2) is 71.8 Å². The molecule has 6 rings (SSSR count). The smallest absolute Gasteiger partial charge is 0.354 e. The summed E-state index contributed by atoms with van der Waals surface area (Å²) in [5.74, 6) is -0.733. The quantitative estimate of drug-likeness (QED) is 0.295. The predicted molar refractivity (Wildman–Crippen MR) is 156 cm³/mol. The molecule has 1 N–H and O–H groups in total. The number of rotatable bonds is 7. The minimum absolute atomic E-state index is 0.0942. The molecule has 0 aliphatic carbocycles. The molecule has 0 bridgehead atoms. The van der Waals surface area contributed by atoms with E-state index in [1.165, 1.54) is 13.3 Å². The Morgan fingerprint density at radius 2 is 1.71 bits per heavy atom. The van der Waals surface area contributed by atoms with Gasteiger partial charge in [-0.3, -0.25) is 14.0 Å². The summed E-state index contributed by atoms with van der Waals surface area (Å²) >= 11 is 0. The molecule has 1 aliphatic rings. The lowest BCUT2D eigenvalue weighted by Gasteiger charge is -2.16. The molecular formula is C31H30N6O5. The van der Waals surface area contributed by atoms with Gasteiger partial charge < -0.3 is 14.4 Å². The number of carbonyl (C=O) groups excluding carboxylic acids is 1. The Morgan fingerprint density at radius 1 is 1.02 bits per heavy atom. The maximum absolute atomic E-state index is 14.0. The number of carboxylic acid groups (broad SMARTS) is 1. The van der Waals surface area contributed by atoms with Crippen molar-refractivity contribution in [2.24, 2.45) is 7.05 Å². The number of nitrogens with zero attached hydrogens (tertiary/aromatic N) is 6. The highest BCUT2D eigenvalue weighted by molar-refractivity contribution is 5.90. The standard InChI is InChI=1S/C31H30N6O5/c1-19-14-25-28(33-15-19)37(24-12-13-35(17-24)18-27-32-16-26(29(38)39)34(27)2)31(41)36(25)23-10-8-21(9-11-23)20-4-6-22(7-5-20)30(40)42-3/h4-11,14-16,24H,12-13,17-18H2,1-3H3,(H,38,39). The summed E-state index contributed by atoms with van der Waals surface area (Å²) in [6.07, 6.45) is 3.90. The second kappa shape index (κ2) is 10.7. The molecule has 4 heterocycles. The van der Waals surface area contributed by atoms with E-state index >= 15 is 0 Å². The van der Waals surface area contributed by atoms with Gasteiger partial charge in [-0.05, 0) is 60.4 Å². The molecule has 11 nitrogen and oxygen atoms in total. The van der Waals surface area contributed by atoms with Crippen molar-refractivity contribution in [1.82, 2.24) is 28.6 Å². The number of carboxylic acids is 1. The van der Waals surface area contributed by atoms with Gasteiger partial charge >= 0.3 is 17.6 Å². The average Bonchev–Trinajstić information content (AvgIpc) is 3.68. The minimum Gasteiger partial charge on any atom is -0.477 e. The molecule has 11 heteroatoms. The number of hydrogen-bond donors (Lipinski definition) is 1. The molecule has 5 aromatic rings. The summed E-state index contributed by atoms with van der Waals surface area (Å²) < 4.78 is 9.87. The Morgan fingerprint density at radius 3 is 2.36 bits per heavy atom. The van der Waals surface area contributed by atoms with E-state index in [4.69, 9.17) is 4.74 Å². The molecule has 3 aromatic heterocycles. The summed E-state index contributed by atoms with van der Waals surface area (Å²) in [5.41, 5.74) is 5.41. The number of fused-ring (bicyclic) bond motifs is 1. The van der Waals surface area contributed by atoms with E-state index in [9.17, 15) is 19.5 Å². The van der Waals surface area contributed by atoms with E-state index in [0.717, 1.165) is 40.9 Å². The molecule has 0 amide bonds. The van der Waals surface area contributed by atoms with Crippen molar-refractivity contribution in [3.05, 3.63) is 100 Å². The van der Waals surface area contributed by atoms with E-state index in [2.05, 4.69) is 14.9 Å². The van der Waals surface area contributed by atoms with Gasteiger partial charge in [0.2, 0.25) is 0 Å². The molecule has 0 saturated carbocycles. The van der Waals surface area contributed by atoms with Crippen molar-refractivity contribution in [3.63, 3.8) is 0 Å². The number of methoxy groups -OCH3 is 1. The SMILES string of the molecule is COC(=O)c1ccc(-c2ccc(-n3c(=O)n(C4CCN(Cc5ncc(C(=O)O)n5C)C4)c4ncc(C)cc43)cc2)cc1. The second-order valence-corrected chi connectivity index (χ2v) is 10.6. The fourth-order valence-electron chi connectivity index (χ4n) is 5.66. The van der Waals surface area contributed by atoms with Gasteiger partial charge in [0, 0.05) is 26.3 Å². The molecular weight excluding hydrogens is 536 g/mol. The van der Waals surface area contributed by atoms with Crippen LogP contribution >= 0.6 is 0 Å². The molecule has 1 saturated heterocycles. The Balaban J connectivity index is 1.30. The van der Waals surface area contributed by atoms with Crippen molar-refractivity contribution in [2.75, 3.05) is 20.2 Å². The Hall–Kier alpha value is -5.03. The van der Waals surface area contributed by atoms with Gasteiger partial charge in [-0.25, -0.2) is 24.4 Å². The largest absolute Gasteiger partial charge is 0.477 e. The lowest BCUT2D eigenvalue weighted by Crippen LogP contribution is -2.29. The number of hydrogen-bond acceptors (Lipinski definition) is 7. The van der Waals surface area contributed by atoms with Crippen molar-refractivity contribution < 1.29 is 19.4 Å². The third kappa shape index (κ3) is 4.77. The molecule has 1 atom stereocenters. The van der Waals surface area contributed by atoms with Crippen LogP contribution in [0.25, 0.3) is 28.0 Å². The zero-order valence-corrected chi connectivity index (χ0v) is 23.5. The van der Waals surface area contributed by atoms with Gasteiger partial charge in [0.25, 0.3) is 0 Å². The second-order valence-electron chi connectivity index (χ2n) is 10.6. The first-order valence-corrected chi connectivity index (χ1v) is 13.6. The zero-order valence-electron chi connectivity index (χ0n) is 23.5. The maximum atomic E-state index is 14.0. The Kier molecular flexibility index (Phi) is 6.95. The number of aryl methyl sites for hydroxylation is 1. The maximum Gasteiger partial charge on any atom is 0.354 e. The summed E-state index contributed by atoms with van der Waals surface area (Å²) in [7, 11) is 3.06. The van der Waals surface area contributed by atoms with E-state index < -0.39 is 5.97 Å². The van der Waals surface area contributed by atoms with Gasteiger partial charge in [0.05, 0.1) is 42.7 Å². The van der Waals surface area contributed by atoms with E-state index in [-0.39, 0.29) is 23.4 Å². The number of carbonyl (C=O) groups is 2. The van der Waals surface area contributed by atoms with Crippen molar-refractivity contribution in [2.45, 2.75) is 25.9 Å². The number of aromatic nitrogens is 5. The molecule has 2 aromatic carbocycles. The van der Waals surface area contributed by atoms with Crippen LogP contribution in [0.3, 0.4) is 0 Å². The van der Waals surface area contributed by atoms with E-state index in [1.807, 2.05) is 49.4 Å². The highest BCUT2D eigenvalue weighted by atomic mass is 16.5. The number of imidazole rings is 2. The summed E-state index contributed by atoms with van der Waals surface area (Å²) in [5, 5.41) is 9.35. The van der Waals surface area contributed by atoms with Gasteiger partial charge in [0.15, 0.2) is 5.65 Å². The van der Waals surface area contributed by atoms with Crippen LogP contribution in [-0.2, 0) is 18.3 Å². The molecule has 1 unspecified atom stereocenters. The van der Waals surface area contributed by atoms with Gasteiger partial charge in [-0.1, -0.05) is 24.3 Å². The average molecular weight is 567 g/mol. The summed E-state index contributed by atoms with van der Waals surface area (Å²) in [6.45, 7) is 3.80. The first kappa shape index (κ1) is 27.2. The third-order valence-electron chi connectivity index (χ3n) is 7.90. The van der Waals surface area contributed by atoms with E-state index in [1.54, 1.807) is 39.1 Å². The van der Waals surface area contributed by atoms with Crippen LogP contribution in [-0.4, -0.2) is 65.8 Å². The first-order chi connectivity index (χ1) is 20.2. The Labute approximate surface area is 241 Å². The number of likely N-dealkylation sites (tertiary alicyclic amines) is 1. The van der Waals surface area contributed by atoms with Crippen LogP contribution in [0.1, 0.15) is 44.7 Å². The Bertz CT molecular complexity index is 1870. The lowest BCUT2D eigenvalue weighted by molar-refractivity contribution is 0.0599. The van der Waals surface area contributed by atoms with Gasteiger partial charge in [0.1, 0.15) is 11.5 Å². The fraction of sp³-hybridized carbons (Fsp3) is 0.258. The topological polar surface area (TPSA) is 124 Å². The van der Waals surface area contributed by atoms with Crippen LogP contribution in [0.4, 0.5) is 0 Å². The van der Waals surface area contributed by atoms with Crippen LogP contribution in [0.5, 0.6) is 0 Å². The fourth-order valence-corrected chi connectivity index (χ4v) is 5.66. The predicted octanol–water partition coefficient (Wildman–Crippen LogP) is 3.83. The lowest BCUT2D eigenvalue weighted by atomic mass is 10.0. The number of esters is 1. The molecule has 214 valence electrons. The summed E-state index contributed by atoms with van der Waals surface area (Å²) in [4.78, 5) is 48.4. The minimum atomic E-state index is -1.01. The molecule has 1 aliphatic heterocycles. The monoisotopic (exact) mass is 566 g/mol. The van der Waals surface area contributed by atoms with Crippen LogP contribution < -0.4 is 5.69 Å². The van der Waals surface area contributed by atoms with Gasteiger partial charge in [-0.15, -0.1) is 0 Å². The molecule has 1 fully saturated rings. The molecule has 42 heavy (non-hydrogen) atoms. The number of benzene rings is 2. The van der Waals surface area contributed by atoms with Crippen LogP contribution in [0.2, 0.25) is 0 Å². The number of pyridine rings is 1. The molecule has 0 spiro atoms. The first-order valence-electron chi connectivity index (χ1n) is 13.6. The summed E-state index contributed by atoms with van der Waals surface area (Å²) in [6, 6.07) is 16.8. The van der Waals surface area contributed by atoms with E-state index in [0.29, 0.717) is 30.1 Å². The van der Waals surface area contributed by atoms with Crippen molar-refractivity contribution >= 4 is 23.1 Å². The zero-order chi connectivity index (χ0) is 29.5. The third-order valence-corrected chi connectivity index (χ3v) is 7.90. The number of aromatic carboxylic acids is 1. The van der Waals surface area contributed by atoms with Crippen molar-refractivity contribution in [3.8, 4) is 16.8 Å². The number of ether oxygens (including phenoxy) is 1. The highest BCUT2D eigenvalue weighted by Gasteiger charge is 2.30. The van der Waals surface area contributed by atoms with Crippen molar-refractivity contribution in [1.29, 1.82) is 0 Å². The van der Waals surface area contributed by atoms with Crippen LogP contribution in [0, 0.1) is 6.92 Å². The molecule has 0 radical (unpaired) electrons. The normalized spacial score (nSPS) is 15.4. The highest BCUT2D eigenvalue weighted by Crippen LogP contribution is 2.28.